The van der Waals surface area contributed by atoms with Crippen molar-refractivity contribution in [2.45, 2.75) is 9.92 Å². The Hall–Kier alpha value is -2.54. The van der Waals surface area contributed by atoms with E-state index in [0.717, 1.165) is 4.90 Å². The van der Waals surface area contributed by atoms with Crippen LogP contribution in [0.1, 0.15) is 20.7 Å². The predicted molar refractivity (Wildman–Crippen MR) is 111 cm³/mol. The second kappa shape index (κ2) is 9.10. The molecule has 3 aromatic rings. The highest BCUT2D eigenvalue weighted by molar-refractivity contribution is 7.99. The van der Waals surface area contributed by atoms with Gasteiger partial charge >= 0.3 is 5.97 Å². The number of pyridine rings is 1. The third kappa shape index (κ3) is 4.65. The van der Waals surface area contributed by atoms with Gasteiger partial charge in [0.25, 0.3) is 5.91 Å². The lowest BCUT2D eigenvalue weighted by Gasteiger charge is -2.11. The maximum Gasteiger partial charge on any atom is 0.339 e. The van der Waals surface area contributed by atoms with Crippen LogP contribution in [0.2, 0.25) is 10.0 Å². The van der Waals surface area contributed by atoms with Crippen LogP contribution in [-0.2, 0) is 4.74 Å². The molecule has 8 heteroatoms. The third-order valence-electron chi connectivity index (χ3n) is 3.70. The number of esters is 1. The number of nitrogens with one attached hydrogen (secondary N) is 1. The van der Waals surface area contributed by atoms with E-state index in [-0.39, 0.29) is 16.5 Å². The first kappa shape index (κ1) is 20.2. The molecule has 0 saturated carbocycles. The summed E-state index contributed by atoms with van der Waals surface area (Å²) >= 11 is 13.5. The van der Waals surface area contributed by atoms with Gasteiger partial charge in [-0.05, 0) is 36.4 Å². The van der Waals surface area contributed by atoms with Crippen LogP contribution in [0.4, 0.5) is 5.69 Å². The van der Waals surface area contributed by atoms with E-state index in [9.17, 15) is 9.59 Å². The van der Waals surface area contributed by atoms with Gasteiger partial charge in [0.2, 0.25) is 0 Å². The Bertz CT molecular complexity index is 1030. The van der Waals surface area contributed by atoms with Gasteiger partial charge in [-0.2, -0.15) is 0 Å². The monoisotopic (exact) mass is 432 g/mol. The summed E-state index contributed by atoms with van der Waals surface area (Å²) in [5.74, 6) is -0.815. The lowest BCUT2D eigenvalue weighted by molar-refractivity contribution is 0.0600. The Morgan fingerprint density at radius 1 is 1.04 bits per heavy atom. The minimum Gasteiger partial charge on any atom is -0.465 e. The van der Waals surface area contributed by atoms with Crippen LogP contribution in [0.3, 0.4) is 0 Å². The van der Waals surface area contributed by atoms with E-state index in [1.165, 1.54) is 25.1 Å². The number of carbonyl (C=O) groups is 2. The van der Waals surface area contributed by atoms with Gasteiger partial charge in [-0.25, -0.2) is 9.78 Å². The van der Waals surface area contributed by atoms with Crippen molar-refractivity contribution in [3.8, 4) is 0 Å². The van der Waals surface area contributed by atoms with Crippen molar-refractivity contribution in [1.82, 2.24) is 4.98 Å². The molecule has 3 rings (SSSR count). The van der Waals surface area contributed by atoms with Crippen molar-refractivity contribution in [3.05, 3.63) is 82.0 Å². The molecule has 1 heterocycles. The first-order valence-corrected chi connectivity index (χ1v) is 9.63. The summed E-state index contributed by atoms with van der Waals surface area (Å²) in [6.07, 6.45) is 1.45. The second-order valence-electron chi connectivity index (χ2n) is 5.53. The van der Waals surface area contributed by atoms with Crippen LogP contribution in [0, 0.1) is 0 Å². The van der Waals surface area contributed by atoms with Gasteiger partial charge in [0.05, 0.1) is 34.0 Å². The van der Waals surface area contributed by atoms with Crippen molar-refractivity contribution in [1.29, 1.82) is 0 Å². The van der Waals surface area contributed by atoms with Crippen LogP contribution in [0.15, 0.2) is 70.7 Å². The molecule has 142 valence electrons. The molecule has 0 aliphatic carbocycles. The number of carbonyl (C=O) groups excluding carboxylic acids is 2. The lowest BCUT2D eigenvalue weighted by atomic mass is 10.2. The summed E-state index contributed by atoms with van der Waals surface area (Å²) < 4.78 is 4.66. The molecule has 1 amide bonds. The molecule has 0 bridgehead atoms. The summed E-state index contributed by atoms with van der Waals surface area (Å²) in [5, 5.41) is 4.02. The zero-order valence-corrected chi connectivity index (χ0v) is 16.9. The molecule has 0 aliphatic heterocycles. The van der Waals surface area contributed by atoms with E-state index in [0.29, 0.717) is 21.3 Å². The molecular weight excluding hydrogens is 419 g/mol. The van der Waals surface area contributed by atoms with E-state index in [2.05, 4.69) is 15.0 Å². The molecule has 5 nitrogen and oxygen atoms in total. The highest BCUT2D eigenvalue weighted by atomic mass is 35.5. The van der Waals surface area contributed by atoms with Crippen molar-refractivity contribution >= 4 is 52.5 Å². The van der Waals surface area contributed by atoms with Gasteiger partial charge in [0, 0.05) is 11.1 Å². The summed E-state index contributed by atoms with van der Waals surface area (Å²) in [5.41, 5.74) is 1.26. The SMILES string of the molecule is COC(=O)c1ccc(Sc2ccccc2NC(=O)c2cccc(Cl)c2Cl)nc1. The molecule has 0 saturated heterocycles. The van der Waals surface area contributed by atoms with Crippen LogP contribution < -0.4 is 5.32 Å². The highest BCUT2D eigenvalue weighted by Crippen LogP contribution is 2.33. The number of hydrogen-bond donors (Lipinski definition) is 1. The Labute approximate surface area is 176 Å². The van der Waals surface area contributed by atoms with E-state index in [1.54, 1.807) is 36.4 Å². The van der Waals surface area contributed by atoms with E-state index >= 15 is 0 Å². The topological polar surface area (TPSA) is 68.3 Å². The fourth-order valence-electron chi connectivity index (χ4n) is 2.32. The van der Waals surface area contributed by atoms with Gasteiger partial charge in [-0.1, -0.05) is 53.2 Å². The standard InChI is InChI=1S/C20H14Cl2N2O3S/c1-27-20(26)12-9-10-17(23-11-12)28-16-8-3-2-7-15(16)24-19(25)13-5-4-6-14(21)18(13)22/h2-11H,1H3,(H,24,25). The van der Waals surface area contributed by atoms with Gasteiger partial charge in [0.1, 0.15) is 5.03 Å². The fourth-order valence-corrected chi connectivity index (χ4v) is 3.55. The molecular formula is C20H14Cl2N2O3S. The molecule has 0 spiro atoms. The zero-order valence-electron chi connectivity index (χ0n) is 14.6. The Morgan fingerprint density at radius 2 is 1.82 bits per heavy atom. The average molecular weight is 433 g/mol. The quantitative estimate of drug-likeness (QED) is 0.532. The van der Waals surface area contributed by atoms with E-state index < -0.39 is 5.97 Å². The molecule has 0 atom stereocenters. The largest absolute Gasteiger partial charge is 0.465 e. The van der Waals surface area contributed by atoms with Crippen LogP contribution >= 0.6 is 35.0 Å². The summed E-state index contributed by atoms with van der Waals surface area (Å²) in [6, 6.07) is 15.5. The second-order valence-corrected chi connectivity index (χ2v) is 7.38. The molecule has 0 unspecified atom stereocenters. The summed E-state index contributed by atoms with van der Waals surface area (Å²) in [4.78, 5) is 29.2. The van der Waals surface area contributed by atoms with Crippen molar-refractivity contribution < 1.29 is 14.3 Å². The van der Waals surface area contributed by atoms with Crippen LogP contribution in [0.25, 0.3) is 0 Å². The Morgan fingerprint density at radius 3 is 2.54 bits per heavy atom. The van der Waals surface area contributed by atoms with Crippen LogP contribution in [0.5, 0.6) is 0 Å². The molecule has 0 radical (unpaired) electrons. The Balaban J connectivity index is 1.80. The van der Waals surface area contributed by atoms with E-state index in [4.69, 9.17) is 23.2 Å². The first-order valence-electron chi connectivity index (χ1n) is 8.06. The number of aromatic nitrogens is 1. The van der Waals surface area contributed by atoms with Crippen molar-refractivity contribution in [3.63, 3.8) is 0 Å². The smallest absolute Gasteiger partial charge is 0.339 e. The van der Waals surface area contributed by atoms with Gasteiger partial charge in [-0.15, -0.1) is 0 Å². The van der Waals surface area contributed by atoms with Crippen molar-refractivity contribution in [2.24, 2.45) is 0 Å². The number of nitrogens with zero attached hydrogens (tertiary/aromatic N) is 1. The highest BCUT2D eigenvalue weighted by Gasteiger charge is 2.15. The van der Waals surface area contributed by atoms with Crippen molar-refractivity contribution in [2.75, 3.05) is 12.4 Å². The molecule has 1 aromatic heterocycles. The minimum absolute atomic E-state index is 0.201. The number of para-hydroxylation sites is 1. The van der Waals surface area contributed by atoms with Gasteiger partial charge in [0.15, 0.2) is 0 Å². The van der Waals surface area contributed by atoms with Gasteiger partial charge < -0.3 is 10.1 Å². The number of ether oxygens (including phenoxy) is 1. The predicted octanol–water partition coefficient (Wildman–Crippen LogP) is 5.58. The maximum atomic E-state index is 12.6. The lowest BCUT2D eigenvalue weighted by Crippen LogP contribution is -2.13. The normalized spacial score (nSPS) is 10.4. The van der Waals surface area contributed by atoms with Gasteiger partial charge in [-0.3, -0.25) is 4.79 Å². The number of halogens is 2. The summed E-state index contributed by atoms with van der Waals surface area (Å²) in [7, 11) is 1.32. The number of methoxy groups -OCH3 is 1. The molecule has 28 heavy (non-hydrogen) atoms. The van der Waals surface area contributed by atoms with E-state index in [1.807, 2.05) is 18.2 Å². The zero-order chi connectivity index (χ0) is 20.1. The minimum atomic E-state index is -0.449. The number of hydrogen-bond acceptors (Lipinski definition) is 5. The number of rotatable bonds is 5. The number of anilines is 1. The molecule has 0 aliphatic rings. The number of amides is 1. The van der Waals surface area contributed by atoms with Crippen LogP contribution in [-0.4, -0.2) is 24.0 Å². The molecule has 2 aromatic carbocycles. The molecule has 1 N–H and O–H groups in total. The number of benzene rings is 2. The third-order valence-corrected chi connectivity index (χ3v) is 5.55. The molecule has 0 fully saturated rings. The maximum absolute atomic E-state index is 12.6. The first-order chi connectivity index (χ1) is 13.5. The fraction of sp³-hybridized carbons (Fsp3) is 0.0500. The Kier molecular flexibility index (Phi) is 6.57. The average Bonchev–Trinajstić information content (AvgIpc) is 2.71. The summed E-state index contributed by atoms with van der Waals surface area (Å²) in [6.45, 7) is 0.